The van der Waals surface area contributed by atoms with Crippen molar-refractivity contribution in [3.63, 3.8) is 0 Å². The standard InChI is InChI=1S/C15H27N3O2S/c1-13(2)18(3)11-5-4-10-17-21(19,20)12-14-6-8-15(16)9-7-14/h6-9,13,17H,4-5,10-12,16H2,1-3H3. The molecule has 0 heterocycles. The van der Waals surface area contributed by atoms with Crippen molar-refractivity contribution < 1.29 is 8.42 Å². The van der Waals surface area contributed by atoms with Crippen LogP contribution in [0.25, 0.3) is 0 Å². The maximum absolute atomic E-state index is 11.9. The SMILES string of the molecule is CC(C)N(C)CCCCNS(=O)(=O)Cc1ccc(N)cc1. The average Bonchev–Trinajstić information content (AvgIpc) is 2.40. The summed E-state index contributed by atoms with van der Waals surface area (Å²) >= 11 is 0. The molecule has 3 N–H and O–H groups in total. The lowest BCUT2D eigenvalue weighted by molar-refractivity contribution is 0.268. The van der Waals surface area contributed by atoms with Crippen LogP contribution in [0.15, 0.2) is 24.3 Å². The van der Waals surface area contributed by atoms with Crippen LogP contribution in [0.5, 0.6) is 0 Å². The van der Waals surface area contributed by atoms with Gasteiger partial charge in [0.25, 0.3) is 0 Å². The molecule has 0 saturated carbocycles. The van der Waals surface area contributed by atoms with Gasteiger partial charge < -0.3 is 10.6 Å². The molecular formula is C15H27N3O2S. The molecule has 120 valence electrons. The number of benzene rings is 1. The van der Waals surface area contributed by atoms with Crippen LogP contribution in [0.4, 0.5) is 5.69 Å². The zero-order chi connectivity index (χ0) is 15.9. The molecule has 0 bridgehead atoms. The molecular weight excluding hydrogens is 286 g/mol. The van der Waals surface area contributed by atoms with E-state index in [0.717, 1.165) is 24.9 Å². The number of rotatable bonds is 9. The van der Waals surface area contributed by atoms with Crippen LogP contribution in [-0.4, -0.2) is 39.5 Å². The van der Waals surface area contributed by atoms with E-state index in [1.165, 1.54) is 0 Å². The Hall–Kier alpha value is -1.11. The zero-order valence-corrected chi connectivity index (χ0v) is 14.0. The summed E-state index contributed by atoms with van der Waals surface area (Å²) in [6.07, 6.45) is 1.83. The zero-order valence-electron chi connectivity index (χ0n) is 13.2. The highest BCUT2D eigenvalue weighted by molar-refractivity contribution is 7.88. The Balaban J connectivity index is 2.29. The molecule has 0 atom stereocenters. The minimum Gasteiger partial charge on any atom is -0.399 e. The van der Waals surface area contributed by atoms with Crippen molar-refractivity contribution in [3.05, 3.63) is 29.8 Å². The summed E-state index contributed by atoms with van der Waals surface area (Å²) in [4.78, 5) is 2.25. The molecule has 1 aromatic rings. The Morgan fingerprint density at radius 3 is 2.38 bits per heavy atom. The van der Waals surface area contributed by atoms with Crippen LogP contribution in [-0.2, 0) is 15.8 Å². The van der Waals surface area contributed by atoms with Gasteiger partial charge in [-0.1, -0.05) is 12.1 Å². The van der Waals surface area contributed by atoms with Gasteiger partial charge in [-0.05, 0) is 58.0 Å². The summed E-state index contributed by atoms with van der Waals surface area (Å²) in [6, 6.07) is 7.43. The molecule has 5 nitrogen and oxygen atoms in total. The number of sulfonamides is 1. The molecule has 0 radical (unpaired) electrons. The molecule has 0 aliphatic heterocycles. The van der Waals surface area contributed by atoms with E-state index in [4.69, 9.17) is 5.73 Å². The predicted octanol–water partition coefficient (Wildman–Crippen LogP) is 1.81. The summed E-state index contributed by atoms with van der Waals surface area (Å²) in [6.45, 7) is 5.77. The van der Waals surface area contributed by atoms with Crippen molar-refractivity contribution >= 4 is 15.7 Å². The van der Waals surface area contributed by atoms with Gasteiger partial charge in [0, 0.05) is 18.3 Å². The predicted molar refractivity (Wildman–Crippen MR) is 88.5 cm³/mol. The third-order valence-electron chi connectivity index (χ3n) is 3.48. The molecule has 6 heteroatoms. The minimum atomic E-state index is -3.27. The van der Waals surface area contributed by atoms with Crippen molar-refractivity contribution in [2.24, 2.45) is 0 Å². The number of unbranched alkanes of at least 4 members (excludes halogenated alkanes) is 1. The second-order valence-electron chi connectivity index (χ2n) is 5.68. The number of nitrogens with zero attached hydrogens (tertiary/aromatic N) is 1. The van der Waals surface area contributed by atoms with E-state index in [9.17, 15) is 8.42 Å². The first-order chi connectivity index (χ1) is 9.80. The van der Waals surface area contributed by atoms with Crippen molar-refractivity contribution in [1.82, 2.24) is 9.62 Å². The molecule has 1 rings (SSSR count). The normalized spacial score (nSPS) is 12.2. The molecule has 0 aliphatic rings. The van der Waals surface area contributed by atoms with Crippen LogP contribution in [0.1, 0.15) is 32.3 Å². The monoisotopic (exact) mass is 313 g/mol. The number of nitrogen functional groups attached to an aromatic ring is 1. The number of nitrogens with one attached hydrogen (secondary N) is 1. The highest BCUT2D eigenvalue weighted by Gasteiger charge is 2.10. The number of anilines is 1. The maximum Gasteiger partial charge on any atom is 0.215 e. The third-order valence-corrected chi connectivity index (χ3v) is 4.83. The second kappa shape index (κ2) is 8.36. The summed E-state index contributed by atoms with van der Waals surface area (Å²) in [5, 5.41) is 0. The first-order valence-corrected chi connectivity index (χ1v) is 8.97. The molecule has 21 heavy (non-hydrogen) atoms. The van der Waals surface area contributed by atoms with E-state index in [1.807, 2.05) is 0 Å². The summed E-state index contributed by atoms with van der Waals surface area (Å²) in [5.41, 5.74) is 6.96. The van der Waals surface area contributed by atoms with Gasteiger partial charge in [-0.25, -0.2) is 13.1 Å². The molecule has 0 saturated heterocycles. The lowest BCUT2D eigenvalue weighted by Crippen LogP contribution is -2.29. The smallest absolute Gasteiger partial charge is 0.215 e. The van der Waals surface area contributed by atoms with Gasteiger partial charge in [0.2, 0.25) is 10.0 Å². The van der Waals surface area contributed by atoms with Gasteiger partial charge in [0.15, 0.2) is 0 Å². The first-order valence-electron chi connectivity index (χ1n) is 7.32. The Morgan fingerprint density at radius 2 is 1.81 bits per heavy atom. The van der Waals surface area contributed by atoms with Gasteiger partial charge in [-0.3, -0.25) is 0 Å². The lowest BCUT2D eigenvalue weighted by Gasteiger charge is -2.20. The number of hydrogen-bond acceptors (Lipinski definition) is 4. The van der Waals surface area contributed by atoms with E-state index in [1.54, 1.807) is 24.3 Å². The molecule has 0 aliphatic carbocycles. The number of nitrogens with two attached hydrogens (primary N) is 1. The first kappa shape index (κ1) is 17.9. The Morgan fingerprint density at radius 1 is 1.19 bits per heavy atom. The van der Waals surface area contributed by atoms with Gasteiger partial charge in [0.1, 0.15) is 0 Å². The molecule has 1 aromatic carbocycles. The van der Waals surface area contributed by atoms with Gasteiger partial charge in [-0.2, -0.15) is 0 Å². The Kier molecular flexibility index (Phi) is 7.14. The maximum atomic E-state index is 11.9. The topological polar surface area (TPSA) is 75.4 Å². The molecule has 0 fully saturated rings. The van der Waals surface area contributed by atoms with Gasteiger partial charge in [-0.15, -0.1) is 0 Å². The Bertz CT molecular complexity index is 512. The fraction of sp³-hybridized carbons (Fsp3) is 0.600. The fourth-order valence-electron chi connectivity index (χ4n) is 1.86. The van der Waals surface area contributed by atoms with Crippen molar-refractivity contribution in [3.8, 4) is 0 Å². The molecule has 0 spiro atoms. The van der Waals surface area contributed by atoms with Crippen LogP contribution >= 0.6 is 0 Å². The quantitative estimate of drug-likeness (QED) is 0.538. The summed E-state index contributed by atoms with van der Waals surface area (Å²) in [7, 11) is -1.19. The molecule has 0 unspecified atom stereocenters. The Labute approximate surface area is 128 Å². The minimum absolute atomic E-state index is 0.000817. The fourth-order valence-corrected chi connectivity index (χ4v) is 3.05. The second-order valence-corrected chi connectivity index (χ2v) is 7.48. The molecule has 0 amide bonds. The van der Waals surface area contributed by atoms with E-state index in [-0.39, 0.29) is 5.75 Å². The van der Waals surface area contributed by atoms with Crippen LogP contribution in [0, 0.1) is 0 Å². The lowest BCUT2D eigenvalue weighted by atomic mass is 10.2. The van der Waals surface area contributed by atoms with Crippen LogP contribution in [0.2, 0.25) is 0 Å². The van der Waals surface area contributed by atoms with E-state index < -0.39 is 10.0 Å². The van der Waals surface area contributed by atoms with Gasteiger partial charge >= 0.3 is 0 Å². The number of hydrogen-bond donors (Lipinski definition) is 2. The largest absolute Gasteiger partial charge is 0.399 e. The van der Waals surface area contributed by atoms with Crippen molar-refractivity contribution in [2.75, 3.05) is 25.9 Å². The van der Waals surface area contributed by atoms with Crippen molar-refractivity contribution in [1.29, 1.82) is 0 Å². The van der Waals surface area contributed by atoms with E-state index in [2.05, 4.69) is 30.5 Å². The summed E-state index contributed by atoms with van der Waals surface area (Å²) < 4.78 is 26.5. The highest BCUT2D eigenvalue weighted by atomic mass is 32.2. The van der Waals surface area contributed by atoms with E-state index in [0.29, 0.717) is 18.3 Å². The van der Waals surface area contributed by atoms with Crippen LogP contribution in [0.3, 0.4) is 0 Å². The van der Waals surface area contributed by atoms with Crippen LogP contribution < -0.4 is 10.5 Å². The molecule has 0 aromatic heterocycles. The highest BCUT2D eigenvalue weighted by Crippen LogP contribution is 2.08. The van der Waals surface area contributed by atoms with Gasteiger partial charge in [0.05, 0.1) is 5.75 Å². The van der Waals surface area contributed by atoms with E-state index >= 15 is 0 Å². The average molecular weight is 313 g/mol. The summed E-state index contributed by atoms with van der Waals surface area (Å²) in [5.74, 6) is -0.000817. The van der Waals surface area contributed by atoms with Crippen molar-refractivity contribution in [2.45, 2.75) is 38.5 Å². The third kappa shape index (κ3) is 7.45.